The van der Waals surface area contributed by atoms with Crippen LogP contribution >= 0.6 is 0 Å². The number of carboxylic acid groups (broad SMARTS) is 2. The molecule has 160 valence electrons. The van der Waals surface area contributed by atoms with E-state index in [9.17, 15) is 19.5 Å². The highest BCUT2D eigenvalue weighted by Crippen LogP contribution is 2.35. The first-order chi connectivity index (χ1) is 13.5. The van der Waals surface area contributed by atoms with Gasteiger partial charge in [-0.3, -0.25) is 14.4 Å². The lowest BCUT2D eigenvalue weighted by atomic mass is 9.76. The molecule has 0 unspecified atom stereocenters. The van der Waals surface area contributed by atoms with Crippen LogP contribution in [0.1, 0.15) is 89.9 Å². The maximum Gasteiger partial charge on any atom is 0.306 e. The second-order valence-electron chi connectivity index (χ2n) is 8.88. The Morgan fingerprint density at radius 1 is 0.786 bits per heavy atom. The van der Waals surface area contributed by atoms with Gasteiger partial charge in [-0.15, -0.1) is 0 Å². The molecule has 0 spiro atoms. The summed E-state index contributed by atoms with van der Waals surface area (Å²) in [6.07, 6.45) is 13.3. The molecule has 0 bridgehead atoms. The van der Waals surface area contributed by atoms with Gasteiger partial charge in [-0.05, 0) is 31.1 Å². The Labute approximate surface area is 168 Å². The van der Waals surface area contributed by atoms with Crippen molar-refractivity contribution in [3.8, 4) is 0 Å². The van der Waals surface area contributed by atoms with Gasteiger partial charge in [0.05, 0.1) is 12.3 Å². The molecule has 2 saturated carbocycles. The minimum Gasteiger partial charge on any atom is -0.481 e. The summed E-state index contributed by atoms with van der Waals surface area (Å²) in [6, 6.07) is 0. The smallest absolute Gasteiger partial charge is 0.306 e. The quantitative estimate of drug-likeness (QED) is 0.486. The summed E-state index contributed by atoms with van der Waals surface area (Å²) in [5, 5.41) is 21.3. The maximum atomic E-state index is 12.8. The van der Waals surface area contributed by atoms with E-state index in [-0.39, 0.29) is 24.8 Å². The van der Waals surface area contributed by atoms with Crippen LogP contribution in [0.15, 0.2) is 0 Å². The normalized spacial score (nSPS) is 21.0. The number of rotatable bonds is 11. The molecule has 0 aromatic carbocycles. The van der Waals surface area contributed by atoms with Crippen molar-refractivity contribution in [3.63, 3.8) is 0 Å². The number of carbonyl (C=O) groups is 3. The van der Waals surface area contributed by atoms with Gasteiger partial charge in [-0.2, -0.15) is 0 Å². The summed E-state index contributed by atoms with van der Waals surface area (Å²) < 4.78 is 0. The first-order valence-electron chi connectivity index (χ1n) is 11.2. The molecular weight excluding hydrogens is 358 g/mol. The number of aliphatic carboxylic acids is 2. The van der Waals surface area contributed by atoms with Crippen molar-refractivity contribution >= 4 is 17.8 Å². The van der Waals surface area contributed by atoms with Gasteiger partial charge in [0, 0.05) is 12.5 Å². The minimum absolute atomic E-state index is 0.105. The van der Waals surface area contributed by atoms with Crippen molar-refractivity contribution in [3.05, 3.63) is 0 Å². The fourth-order valence-corrected chi connectivity index (χ4v) is 5.04. The fourth-order valence-electron chi connectivity index (χ4n) is 5.04. The third kappa shape index (κ3) is 8.19. The standard InChI is InChI=1S/C22H37NO5/c24-20(25)11-12-23-21(26)18(13-16-7-3-1-4-8-16)15-19(22(27)28)14-17-9-5-2-6-10-17/h16-19H,1-15H2,(H,23,26)(H,24,25)(H,27,28)/t18-,19-/m1/s1. The number of hydrogen-bond acceptors (Lipinski definition) is 3. The van der Waals surface area contributed by atoms with Gasteiger partial charge < -0.3 is 15.5 Å². The van der Waals surface area contributed by atoms with Crippen molar-refractivity contribution in [2.45, 2.75) is 89.9 Å². The number of carbonyl (C=O) groups excluding carboxylic acids is 1. The van der Waals surface area contributed by atoms with Crippen LogP contribution in [0.5, 0.6) is 0 Å². The molecule has 0 aromatic heterocycles. The average molecular weight is 396 g/mol. The Balaban J connectivity index is 1.98. The topological polar surface area (TPSA) is 104 Å². The molecule has 0 heterocycles. The Kier molecular flexibility index (Phi) is 9.79. The number of hydrogen-bond donors (Lipinski definition) is 3. The van der Waals surface area contributed by atoms with Crippen molar-refractivity contribution in [2.75, 3.05) is 6.54 Å². The SMILES string of the molecule is O=C(O)CCNC(=O)[C@H](CC1CCCCC1)C[C@@H](CC1CCCCC1)C(=O)O. The van der Waals surface area contributed by atoms with Crippen LogP contribution in [0.25, 0.3) is 0 Å². The van der Waals surface area contributed by atoms with Gasteiger partial charge >= 0.3 is 11.9 Å². The first kappa shape index (κ1) is 22.7. The highest BCUT2D eigenvalue weighted by Gasteiger charge is 2.31. The Morgan fingerprint density at radius 2 is 1.29 bits per heavy atom. The lowest BCUT2D eigenvalue weighted by molar-refractivity contribution is -0.143. The summed E-state index contributed by atoms with van der Waals surface area (Å²) in [6.45, 7) is 0.107. The highest BCUT2D eigenvalue weighted by atomic mass is 16.4. The number of amides is 1. The van der Waals surface area contributed by atoms with E-state index < -0.39 is 17.9 Å². The zero-order valence-corrected chi connectivity index (χ0v) is 17.0. The Hall–Kier alpha value is -1.59. The summed E-state index contributed by atoms with van der Waals surface area (Å²) in [5.41, 5.74) is 0. The van der Waals surface area contributed by atoms with Crippen molar-refractivity contribution in [1.29, 1.82) is 0 Å². The van der Waals surface area contributed by atoms with Crippen LogP contribution in [0.4, 0.5) is 0 Å². The van der Waals surface area contributed by atoms with E-state index in [1.165, 1.54) is 38.5 Å². The van der Waals surface area contributed by atoms with E-state index in [2.05, 4.69) is 5.32 Å². The molecule has 2 aliphatic rings. The lowest BCUT2D eigenvalue weighted by Crippen LogP contribution is -2.36. The second-order valence-corrected chi connectivity index (χ2v) is 8.88. The van der Waals surface area contributed by atoms with Crippen LogP contribution in [0, 0.1) is 23.7 Å². The van der Waals surface area contributed by atoms with E-state index in [1.807, 2.05) is 0 Å². The van der Waals surface area contributed by atoms with Crippen LogP contribution < -0.4 is 5.32 Å². The van der Waals surface area contributed by atoms with Gasteiger partial charge in [0.2, 0.25) is 5.91 Å². The van der Waals surface area contributed by atoms with E-state index in [4.69, 9.17) is 5.11 Å². The highest BCUT2D eigenvalue weighted by molar-refractivity contribution is 5.80. The molecule has 0 radical (unpaired) electrons. The van der Waals surface area contributed by atoms with Crippen LogP contribution in [0.3, 0.4) is 0 Å². The Bertz CT molecular complexity index is 509. The summed E-state index contributed by atoms with van der Waals surface area (Å²) in [7, 11) is 0. The van der Waals surface area contributed by atoms with Crippen LogP contribution in [-0.2, 0) is 14.4 Å². The lowest BCUT2D eigenvalue weighted by Gasteiger charge is -2.29. The number of nitrogens with one attached hydrogen (secondary N) is 1. The summed E-state index contributed by atoms with van der Waals surface area (Å²) >= 11 is 0. The largest absolute Gasteiger partial charge is 0.481 e. The van der Waals surface area contributed by atoms with Gasteiger partial charge in [0.1, 0.15) is 0 Å². The minimum atomic E-state index is -0.940. The number of carboxylic acids is 2. The molecule has 0 saturated heterocycles. The van der Waals surface area contributed by atoms with Crippen molar-refractivity contribution < 1.29 is 24.6 Å². The molecule has 2 aliphatic carbocycles. The Morgan fingerprint density at radius 3 is 1.75 bits per heavy atom. The predicted octanol–water partition coefficient (Wildman–Crippen LogP) is 4.23. The van der Waals surface area contributed by atoms with E-state index >= 15 is 0 Å². The van der Waals surface area contributed by atoms with Gasteiger partial charge in [0.15, 0.2) is 0 Å². The van der Waals surface area contributed by atoms with E-state index in [0.29, 0.717) is 24.7 Å². The van der Waals surface area contributed by atoms with Crippen molar-refractivity contribution in [1.82, 2.24) is 5.32 Å². The van der Waals surface area contributed by atoms with Gasteiger partial charge in [-0.25, -0.2) is 0 Å². The molecule has 6 heteroatoms. The summed E-state index contributed by atoms with van der Waals surface area (Å²) in [5.74, 6) is -1.78. The molecule has 0 aromatic rings. The molecule has 6 nitrogen and oxygen atoms in total. The van der Waals surface area contributed by atoms with Gasteiger partial charge in [-0.1, -0.05) is 64.2 Å². The molecule has 3 N–H and O–H groups in total. The maximum absolute atomic E-state index is 12.8. The monoisotopic (exact) mass is 395 g/mol. The molecule has 2 fully saturated rings. The third-order valence-electron chi connectivity index (χ3n) is 6.61. The second kappa shape index (κ2) is 12.1. The van der Waals surface area contributed by atoms with E-state index in [0.717, 1.165) is 32.1 Å². The summed E-state index contributed by atoms with van der Waals surface area (Å²) in [4.78, 5) is 35.4. The zero-order valence-electron chi connectivity index (χ0n) is 17.0. The zero-order chi connectivity index (χ0) is 20.4. The average Bonchev–Trinajstić information content (AvgIpc) is 2.68. The van der Waals surface area contributed by atoms with Crippen LogP contribution in [-0.4, -0.2) is 34.6 Å². The predicted molar refractivity (Wildman–Crippen MR) is 107 cm³/mol. The van der Waals surface area contributed by atoms with E-state index in [1.54, 1.807) is 0 Å². The molecule has 0 aliphatic heterocycles. The van der Waals surface area contributed by atoms with Crippen molar-refractivity contribution in [2.24, 2.45) is 23.7 Å². The van der Waals surface area contributed by atoms with Crippen LogP contribution in [0.2, 0.25) is 0 Å². The van der Waals surface area contributed by atoms with Gasteiger partial charge in [0.25, 0.3) is 0 Å². The molecular formula is C22H37NO5. The molecule has 2 rings (SSSR count). The first-order valence-corrected chi connectivity index (χ1v) is 11.2. The molecule has 28 heavy (non-hydrogen) atoms. The fraction of sp³-hybridized carbons (Fsp3) is 0.864. The third-order valence-corrected chi connectivity index (χ3v) is 6.61. The molecule has 2 atom stereocenters. The molecule has 1 amide bonds.